The lowest BCUT2D eigenvalue weighted by molar-refractivity contribution is 0.0599. The summed E-state index contributed by atoms with van der Waals surface area (Å²) in [6.07, 6.45) is 2.49. The van der Waals surface area contributed by atoms with Gasteiger partial charge in [-0.3, -0.25) is 0 Å². The highest BCUT2D eigenvalue weighted by Gasteiger charge is 2.17. The fourth-order valence-electron chi connectivity index (χ4n) is 2.09. The number of esters is 1. The summed E-state index contributed by atoms with van der Waals surface area (Å²) in [7, 11) is 1.38. The van der Waals surface area contributed by atoms with Crippen molar-refractivity contribution in [3.8, 4) is 0 Å². The Labute approximate surface area is 111 Å². The van der Waals surface area contributed by atoms with Crippen molar-refractivity contribution in [3.63, 3.8) is 0 Å². The highest BCUT2D eigenvalue weighted by Crippen LogP contribution is 2.19. The van der Waals surface area contributed by atoms with Crippen molar-refractivity contribution < 1.29 is 13.9 Å². The van der Waals surface area contributed by atoms with Gasteiger partial charge in [-0.05, 0) is 31.6 Å². The molecule has 1 N–H and O–H groups in total. The van der Waals surface area contributed by atoms with Gasteiger partial charge in [-0.2, -0.15) is 11.8 Å². The van der Waals surface area contributed by atoms with Crippen LogP contribution in [0.2, 0.25) is 0 Å². The molecule has 0 aromatic carbocycles. The molecule has 1 aromatic rings. The number of hydrogen-bond acceptors (Lipinski definition) is 5. The summed E-state index contributed by atoms with van der Waals surface area (Å²) >= 11 is 1.99. The first-order valence-corrected chi connectivity index (χ1v) is 7.35. The van der Waals surface area contributed by atoms with Crippen molar-refractivity contribution in [2.24, 2.45) is 0 Å². The number of thioether (sulfide) groups is 1. The van der Waals surface area contributed by atoms with Crippen LogP contribution in [0, 0.1) is 6.92 Å². The molecule has 0 unspecified atom stereocenters. The van der Waals surface area contributed by atoms with E-state index in [0.29, 0.717) is 23.9 Å². The lowest BCUT2D eigenvalue weighted by Gasteiger charge is -2.21. The topological polar surface area (TPSA) is 51.5 Å². The van der Waals surface area contributed by atoms with Crippen LogP contribution in [0.4, 0.5) is 0 Å². The zero-order valence-corrected chi connectivity index (χ0v) is 11.6. The summed E-state index contributed by atoms with van der Waals surface area (Å²) in [5.74, 6) is 3.50. The Morgan fingerprint density at radius 1 is 1.67 bits per heavy atom. The molecule has 0 aliphatic carbocycles. The molecule has 0 bridgehead atoms. The van der Waals surface area contributed by atoms with E-state index in [2.05, 4.69) is 5.32 Å². The molecule has 1 fully saturated rings. The quantitative estimate of drug-likeness (QED) is 0.850. The third-order valence-electron chi connectivity index (χ3n) is 3.10. The molecule has 0 amide bonds. The van der Waals surface area contributed by atoms with E-state index in [1.165, 1.54) is 25.7 Å². The normalized spacial score (nSPS) is 19.8. The monoisotopic (exact) mass is 269 g/mol. The summed E-state index contributed by atoms with van der Waals surface area (Å²) in [6.45, 7) is 2.45. The molecule has 2 rings (SSSR count). The van der Waals surface area contributed by atoms with Gasteiger partial charge in [-0.25, -0.2) is 4.79 Å². The molecule has 5 heteroatoms. The molecule has 1 aliphatic rings. The second-order valence-corrected chi connectivity index (χ2v) is 5.62. The molecular formula is C13H19NO3S. The third-order valence-corrected chi connectivity index (χ3v) is 4.31. The van der Waals surface area contributed by atoms with Gasteiger partial charge in [0.05, 0.1) is 13.7 Å². The van der Waals surface area contributed by atoms with Crippen molar-refractivity contribution in [2.75, 3.05) is 18.6 Å². The first kappa shape index (κ1) is 13.5. The number of nitrogens with one attached hydrogen (secondary N) is 1. The Kier molecular flexibility index (Phi) is 4.72. The maximum atomic E-state index is 11.4. The fourth-order valence-corrected chi connectivity index (χ4v) is 3.20. The van der Waals surface area contributed by atoms with Gasteiger partial charge in [0.15, 0.2) is 0 Å². The number of methoxy groups -OCH3 is 1. The molecule has 1 saturated heterocycles. The van der Waals surface area contributed by atoms with E-state index in [-0.39, 0.29) is 5.97 Å². The fraction of sp³-hybridized carbons (Fsp3) is 0.615. The third kappa shape index (κ3) is 3.29. The largest absolute Gasteiger partial charge is 0.465 e. The van der Waals surface area contributed by atoms with E-state index >= 15 is 0 Å². The van der Waals surface area contributed by atoms with Crippen LogP contribution >= 0.6 is 11.8 Å². The Morgan fingerprint density at radius 2 is 2.50 bits per heavy atom. The zero-order valence-electron chi connectivity index (χ0n) is 10.8. The standard InChI is InChI=1S/C13H19NO3S/c1-9-12(13(15)16-2)6-11(17-9)7-14-10-4-3-5-18-8-10/h6,10,14H,3-5,7-8H2,1-2H3/t10-/m0/s1. The zero-order chi connectivity index (χ0) is 13.0. The number of aryl methyl sites for hydroxylation is 1. The maximum absolute atomic E-state index is 11.4. The van der Waals surface area contributed by atoms with Gasteiger partial charge in [0.1, 0.15) is 17.1 Å². The molecule has 0 spiro atoms. The summed E-state index contributed by atoms with van der Waals surface area (Å²) in [6, 6.07) is 2.32. The first-order valence-electron chi connectivity index (χ1n) is 6.19. The second-order valence-electron chi connectivity index (χ2n) is 4.47. The van der Waals surface area contributed by atoms with Gasteiger partial charge in [0.2, 0.25) is 0 Å². The number of rotatable bonds is 4. The number of ether oxygens (including phenoxy) is 1. The molecule has 1 aromatic heterocycles. The van der Waals surface area contributed by atoms with Crippen molar-refractivity contribution in [3.05, 3.63) is 23.2 Å². The number of furan rings is 1. The van der Waals surface area contributed by atoms with Crippen LogP contribution in [0.3, 0.4) is 0 Å². The molecule has 100 valence electrons. The number of carbonyl (C=O) groups excluding carboxylic acids is 1. The molecule has 18 heavy (non-hydrogen) atoms. The van der Waals surface area contributed by atoms with E-state index in [9.17, 15) is 4.79 Å². The van der Waals surface area contributed by atoms with Gasteiger partial charge < -0.3 is 14.5 Å². The van der Waals surface area contributed by atoms with Crippen molar-refractivity contribution >= 4 is 17.7 Å². The average Bonchev–Trinajstić information content (AvgIpc) is 2.78. The van der Waals surface area contributed by atoms with Gasteiger partial charge in [-0.1, -0.05) is 0 Å². The molecule has 2 heterocycles. The van der Waals surface area contributed by atoms with Crippen LogP contribution in [-0.4, -0.2) is 30.6 Å². The van der Waals surface area contributed by atoms with Crippen molar-refractivity contribution in [2.45, 2.75) is 32.4 Å². The molecule has 4 nitrogen and oxygen atoms in total. The van der Waals surface area contributed by atoms with Gasteiger partial charge in [-0.15, -0.1) is 0 Å². The molecule has 0 radical (unpaired) electrons. The van der Waals surface area contributed by atoms with Crippen LogP contribution in [0.5, 0.6) is 0 Å². The predicted octanol–water partition coefficient (Wildman–Crippen LogP) is 2.36. The molecule has 1 atom stereocenters. The minimum Gasteiger partial charge on any atom is -0.465 e. The molecule has 0 saturated carbocycles. The van der Waals surface area contributed by atoms with Crippen molar-refractivity contribution in [1.82, 2.24) is 5.32 Å². The van der Waals surface area contributed by atoms with Crippen LogP contribution in [0.25, 0.3) is 0 Å². The van der Waals surface area contributed by atoms with Crippen LogP contribution in [0.15, 0.2) is 10.5 Å². The minimum atomic E-state index is -0.337. The molecular weight excluding hydrogens is 250 g/mol. The average molecular weight is 269 g/mol. The van der Waals surface area contributed by atoms with E-state index < -0.39 is 0 Å². The summed E-state index contributed by atoms with van der Waals surface area (Å²) in [4.78, 5) is 11.4. The lowest BCUT2D eigenvalue weighted by Crippen LogP contribution is -2.33. The SMILES string of the molecule is COC(=O)c1cc(CN[C@H]2CCCSC2)oc1C. The Bertz CT molecular complexity index is 410. The van der Waals surface area contributed by atoms with E-state index in [4.69, 9.17) is 9.15 Å². The minimum absolute atomic E-state index is 0.337. The van der Waals surface area contributed by atoms with E-state index in [0.717, 1.165) is 11.5 Å². The second kappa shape index (κ2) is 6.29. The van der Waals surface area contributed by atoms with Crippen LogP contribution < -0.4 is 5.32 Å². The lowest BCUT2D eigenvalue weighted by atomic mass is 10.2. The van der Waals surface area contributed by atoms with Crippen LogP contribution in [0.1, 0.15) is 34.7 Å². The Morgan fingerprint density at radius 3 is 3.17 bits per heavy atom. The highest BCUT2D eigenvalue weighted by atomic mass is 32.2. The first-order chi connectivity index (χ1) is 8.70. The van der Waals surface area contributed by atoms with E-state index in [1.54, 1.807) is 13.0 Å². The number of hydrogen-bond donors (Lipinski definition) is 1. The van der Waals surface area contributed by atoms with Gasteiger partial charge in [0.25, 0.3) is 0 Å². The Balaban J connectivity index is 1.91. The summed E-state index contributed by atoms with van der Waals surface area (Å²) in [5, 5.41) is 3.47. The molecule has 1 aliphatic heterocycles. The van der Waals surface area contributed by atoms with Crippen LogP contribution in [-0.2, 0) is 11.3 Å². The summed E-state index contributed by atoms with van der Waals surface area (Å²) in [5.41, 5.74) is 0.521. The number of carbonyl (C=O) groups is 1. The van der Waals surface area contributed by atoms with Gasteiger partial charge in [0, 0.05) is 11.8 Å². The van der Waals surface area contributed by atoms with Crippen molar-refractivity contribution in [1.29, 1.82) is 0 Å². The highest BCUT2D eigenvalue weighted by molar-refractivity contribution is 7.99. The van der Waals surface area contributed by atoms with Gasteiger partial charge >= 0.3 is 5.97 Å². The smallest absolute Gasteiger partial charge is 0.341 e. The predicted molar refractivity (Wildman–Crippen MR) is 72.0 cm³/mol. The Hall–Kier alpha value is -0.940. The maximum Gasteiger partial charge on any atom is 0.341 e. The van der Waals surface area contributed by atoms with E-state index in [1.807, 2.05) is 11.8 Å². The summed E-state index contributed by atoms with van der Waals surface area (Å²) < 4.78 is 10.3.